The van der Waals surface area contributed by atoms with Crippen LogP contribution in [0.3, 0.4) is 0 Å². The van der Waals surface area contributed by atoms with Gasteiger partial charge in [0, 0.05) is 26.4 Å². The summed E-state index contributed by atoms with van der Waals surface area (Å²) in [7, 11) is 3.44. The fraction of sp³-hybridized carbons (Fsp3) is 0.556. The SMILES string of the molecule is C=C/C(=C\C=C(/C)C1OC(C)(C)C(C)(C)O1)C(=NC)NN(C)N=C. The summed E-state index contributed by atoms with van der Waals surface area (Å²) in [5, 5.41) is 5.23. The van der Waals surface area contributed by atoms with Gasteiger partial charge in [0.15, 0.2) is 6.29 Å². The van der Waals surface area contributed by atoms with E-state index in [2.05, 4.69) is 28.8 Å². The van der Waals surface area contributed by atoms with Crippen molar-refractivity contribution in [3.05, 3.63) is 36.0 Å². The molecule has 1 heterocycles. The van der Waals surface area contributed by atoms with Gasteiger partial charge in [-0.25, -0.2) is 5.12 Å². The minimum Gasteiger partial charge on any atom is -0.340 e. The average Bonchev–Trinajstić information content (AvgIpc) is 2.74. The minimum atomic E-state index is -0.371. The van der Waals surface area contributed by atoms with Gasteiger partial charge in [-0.3, -0.25) is 10.4 Å². The molecule has 0 aromatic carbocycles. The zero-order chi connectivity index (χ0) is 18.5. The first kappa shape index (κ1) is 20.1. The predicted octanol–water partition coefficient (Wildman–Crippen LogP) is 3.06. The molecule has 1 aliphatic rings. The smallest absolute Gasteiger partial charge is 0.181 e. The molecule has 0 unspecified atom stereocenters. The second-order valence-corrected chi connectivity index (χ2v) is 6.67. The summed E-state index contributed by atoms with van der Waals surface area (Å²) in [5.41, 5.74) is 4.10. The summed E-state index contributed by atoms with van der Waals surface area (Å²) < 4.78 is 12.1. The average molecular weight is 334 g/mol. The van der Waals surface area contributed by atoms with E-state index in [-0.39, 0.29) is 17.5 Å². The Morgan fingerprint density at radius 1 is 1.17 bits per heavy atom. The van der Waals surface area contributed by atoms with Crippen molar-refractivity contribution in [2.24, 2.45) is 10.1 Å². The van der Waals surface area contributed by atoms with Crippen LogP contribution in [0.2, 0.25) is 0 Å². The second-order valence-electron chi connectivity index (χ2n) is 6.67. The van der Waals surface area contributed by atoms with Crippen LogP contribution in [0.4, 0.5) is 0 Å². The van der Waals surface area contributed by atoms with Crippen LogP contribution in [0.5, 0.6) is 0 Å². The normalized spacial score (nSPS) is 21.5. The summed E-state index contributed by atoms with van der Waals surface area (Å²) in [6, 6.07) is 0. The molecular formula is C18H30N4O2. The predicted molar refractivity (Wildman–Crippen MR) is 100.0 cm³/mol. The number of aliphatic imine (C=N–C) groups is 1. The molecule has 134 valence electrons. The van der Waals surface area contributed by atoms with Crippen LogP contribution in [0.1, 0.15) is 34.6 Å². The van der Waals surface area contributed by atoms with Gasteiger partial charge in [-0.2, -0.15) is 5.10 Å². The van der Waals surface area contributed by atoms with Gasteiger partial charge in [0.25, 0.3) is 0 Å². The molecule has 0 atom stereocenters. The Labute approximate surface area is 145 Å². The quantitative estimate of drug-likeness (QED) is 0.351. The van der Waals surface area contributed by atoms with Crippen molar-refractivity contribution in [1.82, 2.24) is 10.5 Å². The van der Waals surface area contributed by atoms with Gasteiger partial charge in [-0.1, -0.05) is 24.8 Å². The molecule has 1 rings (SSSR count). The molecule has 1 saturated heterocycles. The third-order valence-electron chi connectivity index (χ3n) is 4.35. The summed E-state index contributed by atoms with van der Waals surface area (Å²) >= 11 is 0. The molecule has 1 N–H and O–H groups in total. The van der Waals surface area contributed by atoms with Crippen molar-refractivity contribution >= 4 is 12.6 Å². The van der Waals surface area contributed by atoms with E-state index >= 15 is 0 Å². The van der Waals surface area contributed by atoms with E-state index in [1.54, 1.807) is 20.2 Å². The van der Waals surface area contributed by atoms with E-state index in [0.29, 0.717) is 5.84 Å². The molecule has 6 nitrogen and oxygen atoms in total. The Morgan fingerprint density at radius 3 is 2.12 bits per heavy atom. The number of nitrogens with one attached hydrogen (secondary N) is 1. The Bertz CT molecular complexity index is 558. The Morgan fingerprint density at radius 2 is 1.71 bits per heavy atom. The summed E-state index contributed by atoms with van der Waals surface area (Å²) in [6.07, 6.45) is 5.22. The lowest BCUT2D eigenvalue weighted by molar-refractivity contribution is -0.0587. The van der Waals surface area contributed by atoms with Gasteiger partial charge in [0.2, 0.25) is 0 Å². The van der Waals surface area contributed by atoms with Gasteiger partial charge in [-0.15, -0.1) is 0 Å². The number of hydrogen-bond donors (Lipinski definition) is 1. The van der Waals surface area contributed by atoms with E-state index in [0.717, 1.165) is 11.1 Å². The maximum absolute atomic E-state index is 6.04. The lowest BCUT2D eigenvalue weighted by atomic mass is 9.90. The highest BCUT2D eigenvalue weighted by Gasteiger charge is 2.49. The molecule has 0 spiro atoms. The van der Waals surface area contributed by atoms with Crippen LogP contribution in [-0.2, 0) is 9.47 Å². The first-order chi connectivity index (χ1) is 11.1. The molecule has 0 saturated carbocycles. The fourth-order valence-corrected chi connectivity index (χ4v) is 2.00. The molecule has 0 aromatic rings. The zero-order valence-corrected chi connectivity index (χ0v) is 15.9. The summed E-state index contributed by atoms with van der Waals surface area (Å²) in [5.74, 6) is 0.637. The van der Waals surface area contributed by atoms with Crippen molar-refractivity contribution in [2.45, 2.75) is 52.1 Å². The Kier molecular flexibility index (Phi) is 6.51. The number of nitrogens with zero attached hydrogens (tertiary/aromatic N) is 3. The Hall–Kier alpha value is -1.92. The van der Waals surface area contributed by atoms with Crippen molar-refractivity contribution in [2.75, 3.05) is 14.1 Å². The van der Waals surface area contributed by atoms with Gasteiger partial charge in [-0.05, 0) is 40.2 Å². The van der Waals surface area contributed by atoms with E-state index in [1.807, 2.05) is 46.8 Å². The molecule has 24 heavy (non-hydrogen) atoms. The standard InChI is InChI=1S/C18H30N4O2/c1-10-14(15(19-7)21-22(9)20-8)12-11-13(2)16-23-17(3,4)18(5,6)24-16/h10-12,16H,1,8H2,2-7,9H3,(H,19,21)/b13-11+,14-12+. The number of amidine groups is 1. The lowest BCUT2D eigenvalue weighted by Gasteiger charge is -2.30. The minimum absolute atomic E-state index is 0.353. The van der Waals surface area contributed by atoms with E-state index in [9.17, 15) is 0 Å². The third kappa shape index (κ3) is 4.55. The van der Waals surface area contributed by atoms with Crippen molar-refractivity contribution in [1.29, 1.82) is 0 Å². The first-order valence-corrected chi connectivity index (χ1v) is 7.88. The number of ether oxygens (including phenoxy) is 2. The molecule has 0 amide bonds. The molecule has 0 aromatic heterocycles. The highest BCUT2D eigenvalue weighted by Crippen LogP contribution is 2.40. The number of hydrogen-bond acceptors (Lipinski definition) is 5. The van der Waals surface area contributed by atoms with Crippen LogP contribution < -0.4 is 5.43 Å². The van der Waals surface area contributed by atoms with Crippen molar-refractivity contribution < 1.29 is 9.47 Å². The molecular weight excluding hydrogens is 304 g/mol. The number of hydrazine groups is 1. The second kappa shape index (κ2) is 7.77. The summed E-state index contributed by atoms with van der Waals surface area (Å²) in [4.78, 5) is 4.21. The highest BCUT2D eigenvalue weighted by molar-refractivity contribution is 6.00. The van der Waals surface area contributed by atoms with E-state index < -0.39 is 0 Å². The zero-order valence-electron chi connectivity index (χ0n) is 15.9. The topological polar surface area (TPSA) is 58.5 Å². The number of rotatable bonds is 6. The molecule has 0 aliphatic carbocycles. The molecule has 0 bridgehead atoms. The lowest BCUT2D eigenvalue weighted by Crippen LogP contribution is -2.41. The Balaban J connectivity index is 2.96. The van der Waals surface area contributed by atoms with Crippen LogP contribution >= 0.6 is 0 Å². The van der Waals surface area contributed by atoms with Crippen molar-refractivity contribution in [3.63, 3.8) is 0 Å². The highest BCUT2D eigenvalue weighted by atomic mass is 16.7. The van der Waals surface area contributed by atoms with Crippen LogP contribution in [-0.4, -0.2) is 49.3 Å². The van der Waals surface area contributed by atoms with Gasteiger partial charge in [0.1, 0.15) is 5.84 Å². The van der Waals surface area contributed by atoms with Crippen LogP contribution in [0, 0.1) is 0 Å². The van der Waals surface area contributed by atoms with E-state index in [4.69, 9.17) is 9.47 Å². The number of hydrazone groups is 1. The maximum Gasteiger partial charge on any atom is 0.181 e. The van der Waals surface area contributed by atoms with Crippen LogP contribution in [0.25, 0.3) is 0 Å². The monoisotopic (exact) mass is 334 g/mol. The van der Waals surface area contributed by atoms with E-state index in [1.165, 1.54) is 5.12 Å². The van der Waals surface area contributed by atoms with Crippen LogP contribution in [0.15, 0.2) is 46.0 Å². The summed E-state index contributed by atoms with van der Waals surface area (Å²) in [6.45, 7) is 17.4. The third-order valence-corrected chi connectivity index (χ3v) is 4.35. The fourth-order valence-electron chi connectivity index (χ4n) is 2.00. The molecule has 0 radical (unpaired) electrons. The van der Waals surface area contributed by atoms with Gasteiger partial charge in [0.05, 0.1) is 11.2 Å². The van der Waals surface area contributed by atoms with Gasteiger partial charge >= 0.3 is 0 Å². The maximum atomic E-state index is 6.04. The van der Waals surface area contributed by atoms with Crippen molar-refractivity contribution in [3.8, 4) is 0 Å². The first-order valence-electron chi connectivity index (χ1n) is 7.88. The molecule has 1 fully saturated rings. The van der Waals surface area contributed by atoms with Gasteiger partial charge < -0.3 is 9.47 Å². The molecule has 6 heteroatoms. The number of allylic oxidation sites excluding steroid dienone is 2. The molecule has 1 aliphatic heterocycles. The largest absolute Gasteiger partial charge is 0.340 e.